The van der Waals surface area contributed by atoms with Crippen LogP contribution in [0.25, 0.3) is 0 Å². The molecule has 0 radical (unpaired) electrons. The van der Waals surface area contributed by atoms with Crippen molar-refractivity contribution in [2.45, 2.75) is 18.2 Å². The summed E-state index contributed by atoms with van der Waals surface area (Å²) in [6, 6.07) is 18.5. The third-order valence-corrected chi connectivity index (χ3v) is 6.28. The van der Waals surface area contributed by atoms with Crippen LogP contribution in [-0.4, -0.2) is 35.2 Å². The van der Waals surface area contributed by atoms with Gasteiger partial charge in [0.15, 0.2) is 0 Å². The molecule has 9 heteroatoms. The summed E-state index contributed by atoms with van der Waals surface area (Å²) in [4.78, 5) is 12.4. The molecule has 0 unspecified atom stereocenters. The van der Waals surface area contributed by atoms with E-state index >= 15 is 0 Å². The van der Waals surface area contributed by atoms with Crippen molar-refractivity contribution in [1.82, 2.24) is 0 Å². The summed E-state index contributed by atoms with van der Waals surface area (Å²) in [6.45, 7) is 1.86. The molecule has 1 amide bonds. The minimum atomic E-state index is -3.91. The number of carbonyl (C=O) groups excluding carboxylic acids is 1. The predicted molar refractivity (Wildman–Crippen MR) is 127 cm³/mol. The zero-order chi connectivity index (χ0) is 23.8. The molecule has 0 aliphatic carbocycles. The second-order valence-corrected chi connectivity index (χ2v) is 8.76. The first-order valence-corrected chi connectivity index (χ1v) is 11.6. The Hall–Kier alpha value is -3.72. The number of rotatable bonds is 10. The number of methoxy groups -OCH3 is 2. The molecule has 0 fully saturated rings. The Bertz CT molecular complexity index is 1210. The quantitative estimate of drug-likeness (QED) is 0.460. The number of anilines is 2. The van der Waals surface area contributed by atoms with E-state index in [0.717, 1.165) is 0 Å². The van der Waals surface area contributed by atoms with Crippen molar-refractivity contribution in [2.24, 2.45) is 0 Å². The molecule has 0 spiro atoms. The van der Waals surface area contributed by atoms with Gasteiger partial charge >= 0.3 is 0 Å². The molecule has 3 rings (SSSR count). The molecule has 0 aliphatic rings. The maximum Gasteiger partial charge on any atom is 0.262 e. The van der Waals surface area contributed by atoms with Crippen molar-refractivity contribution in [3.05, 3.63) is 72.3 Å². The fourth-order valence-corrected chi connectivity index (χ4v) is 4.40. The van der Waals surface area contributed by atoms with Gasteiger partial charge in [-0.2, -0.15) is 0 Å². The summed E-state index contributed by atoms with van der Waals surface area (Å²) < 4.78 is 44.4. The zero-order valence-electron chi connectivity index (χ0n) is 18.6. The molecule has 0 saturated carbocycles. The van der Waals surface area contributed by atoms with E-state index in [1.54, 1.807) is 74.7 Å². The standard InChI is InChI=1S/C24H26N2O6S/c1-17-8-9-18(25-24(27)14-15-32-20-12-10-19(30-2)11-13-20)16-23(17)33(28,29)26-21-6-4-5-7-22(21)31-3/h4-13,16,26H,14-15H2,1-3H3,(H,25,27). The van der Waals surface area contributed by atoms with Gasteiger partial charge in [0.1, 0.15) is 17.2 Å². The fourth-order valence-electron chi connectivity index (χ4n) is 3.05. The zero-order valence-corrected chi connectivity index (χ0v) is 19.4. The molecule has 8 nitrogen and oxygen atoms in total. The molecule has 0 saturated heterocycles. The summed E-state index contributed by atoms with van der Waals surface area (Å²) in [5.74, 6) is 1.44. The molecule has 0 heterocycles. The van der Waals surface area contributed by atoms with E-state index < -0.39 is 10.0 Å². The van der Waals surface area contributed by atoms with Gasteiger partial charge in [0.2, 0.25) is 5.91 Å². The number of sulfonamides is 1. The molecule has 0 aliphatic heterocycles. The van der Waals surface area contributed by atoms with Gasteiger partial charge in [0.05, 0.1) is 37.8 Å². The Morgan fingerprint density at radius 2 is 1.61 bits per heavy atom. The first-order valence-electron chi connectivity index (χ1n) is 10.2. The highest BCUT2D eigenvalue weighted by Gasteiger charge is 2.20. The highest BCUT2D eigenvalue weighted by Crippen LogP contribution is 2.28. The molecular weight excluding hydrogens is 444 g/mol. The van der Waals surface area contributed by atoms with Crippen molar-refractivity contribution >= 4 is 27.3 Å². The van der Waals surface area contributed by atoms with Crippen molar-refractivity contribution in [3.8, 4) is 17.2 Å². The van der Waals surface area contributed by atoms with E-state index in [2.05, 4.69) is 10.0 Å². The molecule has 3 aromatic carbocycles. The van der Waals surface area contributed by atoms with Gasteiger partial charge in [-0.1, -0.05) is 18.2 Å². The minimum absolute atomic E-state index is 0.0562. The molecule has 174 valence electrons. The first kappa shape index (κ1) is 23.9. The van der Waals surface area contributed by atoms with Crippen LogP contribution in [-0.2, 0) is 14.8 Å². The van der Waals surface area contributed by atoms with Crippen LogP contribution < -0.4 is 24.2 Å². The van der Waals surface area contributed by atoms with Gasteiger partial charge in [-0.15, -0.1) is 0 Å². The number of benzene rings is 3. The number of para-hydroxylation sites is 2. The summed E-state index contributed by atoms with van der Waals surface area (Å²) in [7, 11) is -0.865. The van der Waals surface area contributed by atoms with E-state index in [1.165, 1.54) is 13.2 Å². The van der Waals surface area contributed by atoms with Crippen LogP contribution in [0.15, 0.2) is 71.6 Å². The minimum Gasteiger partial charge on any atom is -0.497 e. The normalized spacial score (nSPS) is 10.9. The van der Waals surface area contributed by atoms with Gasteiger partial charge in [-0.25, -0.2) is 8.42 Å². The Labute approximate surface area is 193 Å². The van der Waals surface area contributed by atoms with Crippen molar-refractivity contribution in [2.75, 3.05) is 30.9 Å². The number of hydrogen-bond donors (Lipinski definition) is 2. The highest BCUT2D eigenvalue weighted by atomic mass is 32.2. The van der Waals surface area contributed by atoms with Crippen molar-refractivity contribution in [3.63, 3.8) is 0 Å². The number of amides is 1. The van der Waals surface area contributed by atoms with Gasteiger partial charge in [-0.05, 0) is 61.0 Å². The van der Waals surface area contributed by atoms with Crippen molar-refractivity contribution in [1.29, 1.82) is 0 Å². The summed E-state index contributed by atoms with van der Waals surface area (Å²) in [6.07, 6.45) is 0.0987. The second kappa shape index (κ2) is 10.7. The Morgan fingerprint density at radius 3 is 2.30 bits per heavy atom. The van der Waals surface area contributed by atoms with Crippen LogP contribution in [0.1, 0.15) is 12.0 Å². The lowest BCUT2D eigenvalue weighted by Crippen LogP contribution is -2.17. The molecular formula is C24H26N2O6S. The first-order chi connectivity index (χ1) is 15.8. The Balaban J connectivity index is 1.64. The number of ether oxygens (including phenoxy) is 3. The van der Waals surface area contributed by atoms with E-state index in [-0.39, 0.29) is 23.8 Å². The smallest absolute Gasteiger partial charge is 0.262 e. The number of carbonyl (C=O) groups is 1. The molecule has 33 heavy (non-hydrogen) atoms. The Kier molecular flexibility index (Phi) is 7.78. The topological polar surface area (TPSA) is 103 Å². The van der Waals surface area contributed by atoms with Gasteiger partial charge in [0, 0.05) is 5.69 Å². The van der Waals surface area contributed by atoms with Gasteiger partial charge < -0.3 is 19.5 Å². The lowest BCUT2D eigenvalue weighted by atomic mass is 10.2. The average molecular weight is 471 g/mol. The molecule has 0 atom stereocenters. The van der Waals surface area contributed by atoms with Crippen LogP contribution in [0.3, 0.4) is 0 Å². The van der Waals surface area contributed by atoms with Crippen molar-refractivity contribution < 1.29 is 27.4 Å². The number of nitrogens with one attached hydrogen (secondary N) is 2. The predicted octanol–water partition coefficient (Wildman–Crippen LogP) is 4.22. The van der Waals surface area contributed by atoms with Crippen LogP contribution in [0, 0.1) is 6.92 Å². The number of aryl methyl sites for hydroxylation is 1. The van der Waals surface area contributed by atoms with E-state index in [4.69, 9.17) is 14.2 Å². The van der Waals surface area contributed by atoms with Crippen LogP contribution in [0.5, 0.6) is 17.2 Å². The van der Waals surface area contributed by atoms with Gasteiger partial charge in [0.25, 0.3) is 10.0 Å². The third-order valence-electron chi connectivity index (χ3n) is 4.77. The fraction of sp³-hybridized carbons (Fsp3) is 0.208. The van der Waals surface area contributed by atoms with Crippen LogP contribution in [0.2, 0.25) is 0 Å². The molecule has 3 aromatic rings. The molecule has 0 aromatic heterocycles. The Morgan fingerprint density at radius 1 is 0.909 bits per heavy atom. The number of hydrogen-bond acceptors (Lipinski definition) is 6. The SMILES string of the molecule is COc1ccc(OCCC(=O)Nc2ccc(C)c(S(=O)(=O)Nc3ccccc3OC)c2)cc1. The van der Waals surface area contributed by atoms with E-state index in [9.17, 15) is 13.2 Å². The molecule has 2 N–H and O–H groups in total. The largest absolute Gasteiger partial charge is 0.497 e. The summed E-state index contributed by atoms with van der Waals surface area (Å²) in [5.41, 5.74) is 1.23. The summed E-state index contributed by atoms with van der Waals surface area (Å²) >= 11 is 0. The lowest BCUT2D eigenvalue weighted by molar-refractivity contribution is -0.116. The van der Waals surface area contributed by atoms with Crippen LogP contribution in [0.4, 0.5) is 11.4 Å². The maximum atomic E-state index is 13.0. The molecule has 0 bridgehead atoms. The van der Waals surface area contributed by atoms with Gasteiger partial charge in [-0.3, -0.25) is 9.52 Å². The second-order valence-electron chi connectivity index (χ2n) is 7.11. The third kappa shape index (κ3) is 6.39. The van der Waals surface area contributed by atoms with E-state index in [1.807, 2.05) is 0 Å². The lowest BCUT2D eigenvalue weighted by Gasteiger charge is -2.14. The van der Waals surface area contributed by atoms with E-state index in [0.29, 0.717) is 34.2 Å². The monoisotopic (exact) mass is 470 g/mol. The highest BCUT2D eigenvalue weighted by molar-refractivity contribution is 7.92. The summed E-state index contributed by atoms with van der Waals surface area (Å²) in [5, 5.41) is 2.72. The van der Waals surface area contributed by atoms with Crippen LogP contribution >= 0.6 is 0 Å². The maximum absolute atomic E-state index is 13.0. The average Bonchev–Trinajstić information content (AvgIpc) is 2.81.